The molecule has 1 amide bonds. The molecule has 0 saturated heterocycles. The molecule has 0 bridgehead atoms. The van der Waals surface area contributed by atoms with Crippen molar-refractivity contribution in [2.75, 3.05) is 11.9 Å². The Hall–Kier alpha value is -4.54. The number of carbonyl (C=O) groups excluding carboxylic acids is 2. The Kier molecular flexibility index (Phi) is 5.62. The second kappa shape index (κ2) is 8.68. The van der Waals surface area contributed by atoms with Gasteiger partial charge >= 0.3 is 11.9 Å². The third-order valence-electron chi connectivity index (χ3n) is 4.50. The molecule has 32 heavy (non-hydrogen) atoms. The lowest BCUT2D eigenvalue weighted by Crippen LogP contribution is -2.19. The SMILES string of the molecule is CCOC(=O)c1cnn2c(-c3cccc(NC(=O)Cn4ccc(C(=O)O)n4)c3)ccnc12. The molecule has 0 fully saturated rings. The van der Waals surface area contributed by atoms with Crippen LogP contribution < -0.4 is 5.32 Å². The van der Waals surface area contributed by atoms with E-state index in [4.69, 9.17) is 9.84 Å². The highest BCUT2D eigenvalue weighted by atomic mass is 16.5. The Balaban J connectivity index is 1.56. The van der Waals surface area contributed by atoms with E-state index in [1.165, 1.54) is 27.7 Å². The first-order chi connectivity index (χ1) is 15.5. The van der Waals surface area contributed by atoms with Gasteiger partial charge in [0.2, 0.25) is 5.91 Å². The van der Waals surface area contributed by atoms with Crippen molar-refractivity contribution < 1.29 is 24.2 Å². The second-order valence-electron chi connectivity index (χ2n) is 6.68. The molecule has 0 atom stereocenters. The molecule has 0 radical (unpaired) electrons. The topological polar surface area (TPSA) is 141 Å². The minimum absolute atomic E-state index is 0.136. The molecule has 11 heteroatoms. The fourth-order valence-corrected chi connectivity index (χ4v) is 3.13. The van der Waals surface area contributed by atoms with Crippen molar-refractivity contribution in [2.45, 2.75) is 13.5 Å². The first kappa shape index (κ1) is 20.7. The maximum Gasteiger partial charge on any atom is 0.356 e. The molecule has 4 aromatic rings. The van der Waals surface area contributed by atoms with E-state index >= 15 is 0 Å². The lowest BCUT2D eigenvalue weighted by molar-refractivity contribution is -0.116. The van der Waals surface area contributed by atoms with E-state index in [0.717, 1.165) is 5.56 Å². The zero-order valence-electron chi connectivity index (χ0n) is 16.9. The van der Waals surface area contributed by atoms with Crippen molar-refractivity contribution >= 4 is 29.2 Å². The summed E-state index contributed by atoms with van der Waals surface area (Å²) >= 11 is 0. The Morgan fingerprint density at radius 3 is 2.78 bits per heavy atom. The van der Waals surface area contributed by atoms with Crippen molar-refractivity contribution in [1.29, 1.82) is 0 Å². The van der Waals surface area contributed by atoms with Crippen LogP contribution in [0.2, 0.25) is 0 Å². The number of carbonyl (C=O) groups is 3. The third-order valence-corrected chi connectivity index (χ3v) is 4.50. The highest BCUT2D eigenvalue weighted by Crippen LogP contribution is 2.24. The average Bonchev–Trinajstić information content (AvgIpc) is 3.41. The highest BCUT2D eigenvalue weighted by molar-refractivity contribution is 5.96. The average molecular weight is 434 g/mol. The highest BCUT2D eigenvalue weighted by Gasteiger charge is 2.17. The predicted molar refractivity (Wildman–Crippen MR) is 112 cm³/mol. The number of hydrogen-bond acceptors (Lipinski definition) is 7. The first-order valence-electron chi connectivity index (χ1n) is 9.63. The normalized spacial score (nSPS) is 10.8. The number of hydrogen-bond donors (Lipinski definition) is 2. The summed E-state index contributed by atoms with van der Waals surface area (Å²) in [5, 5.41) is 19.8. The summed E-state index contributed by atoms with van der Waals surface area (Å²) in [5.41, 5.74) is 2.42. The van der Waals surface area contributed by atoms with Crippen molar-refractivity contribution in [1.82, 2.24) is 24.4 Å². The van der Waals surface area contributed by atoms with Gasteiger partial charge in [-0.1, -0.05) is 12.1 Å². The molecule has 3 aromatic heterocycles. The van der Waals surface area contributed by atoms with E-state index in [9.17, 15) is 14.4 Å². The van der Waals surface area contributed by atoms with Crippen LogP contribution in [0.15, 0.2) is 55.0 Å². The van der Waals surface area contributed by atoms with Gasteiger partial charge in [0.25, 0.3) is 0 Å². The Labute approximate surface area is 181 Å². The smallest absolute Gasteiger partial charge is 0.356 e. The number of aromatic carboxylic acids is 1. The van der Waals surface area contributed by atoms with Crippen LogP contribution in [0.5, 0.6) is 0 Å². The number of carboxylic acid groups (broad SMARTS) is 1. The number of carboxylic acids is 1. The molecule has 0 aliphatic heterocycles. The molecule has 4 rings (SSSR count). The van der Waals surface area contributed by atoms with Crippen LogP contribution in [0, 0.1) is 0 Å². The summed E-state index contributed by atoms with van der Waals surface area (Å²) < 4.78 is 7.82. The van der Waals surface area contributed by atoms with E-state index in [-0.39, 0.29) is 30.3 Å². The molecule has 0 spiro atoms. The van der Waals surface area contributed by atoms with Crippen molar-refractivity contribution in [3.05, 3.63) is 66.2 Å². The van der Waals surface area contributed by atoms with Crippen LogP contribution in [-0.4, -0.2) is 53.9 Å². The number of nitrogens with one attached hydrogen (secondary N) is 1. The van der Waals surface area contributed by atoms with Crippen LogP contribution >= 0.6 is 0 Å². The van der Waals surface area contributed by atoms with E-state index in [0.29, 0.717) is 17.0 Å². The van der Waals surface area contributed by atoms with Crippen molar-refractivity contribution in [3.63, 3.8) is 0 Å². The number of aromatic nitrogens is 5. The van der Waals surface area contributed by atoms with Gasteiger partial charge < -0.3 is 15.2 Å². The summed E-state index contributed by atoms with van der Waals surface area (Å²) in [4.78, 5) is 39.6. The lowest BCUT2D eigenvalue weighted by Gasteiger charge is -2.09. The number of benzene rings is 1. The summed E-state index contributed by atoms with van der Waals surface area (Å²) in [7, 11) is 0. The van der Waals surface area contributed by atoms with E-state index in [1.807, 2.05) is 6.07 Å². The molecule has 11 nitrogen and oxygen atoms in total. The predicted octanol–water partition coefficient (Wildman–Crippen LogP) is 2.11. The minimum Gasteiger partial charge on any atom is -0.476 e. The van der Waals surface area contributed by atoms with Crippen LogP contribution in [-0.2, 0) is 16.1 Å². The van der Waals surface area contributed by atoms with Gasteiger partial charge in [0.15, 0.2) is 11.3 Å². The van der Waals surface area contributed by atoms with E-state index < -0.39 is 11.9 Å². The molecular formula is C21H18N6O5. The summed E-state index contributed by atoms with van der Waals surface area (Å²) in [6.07, 6.45) is 4.40. The standard InChI is InChI=1S/C21H18N6O5/c1-2-32-21(31)15-11-23-27-17(6-8-22-19(15)27)13-4-3-5-14(10-13)24-18(28)12-26-9-7-16(25-26)20(29)30/h3-11H,2,12H2,1H3,(H,24,28)(H,29,30). The van der Waals surface area contributed by atoms with Crippen LogP contribution in [0.4, 0.5) is 5.69 Å². The van der Waals surface area contributed by atoms with Gasteiger partial charge in [0.05, 0.1) is 18.5 Å². The van der Waals surface area contributed by atoms with Gasteiger partial charge in [0, 0.05) is 23.6 Å². The number of rotatable bonds is 7. The van der Waals surface area contributed by atoms with Gasteiger partial charge in [-0.25, -0.2) is 19.1 Å². The number of esters is 1. The summed E-state index contributed by atoms with van der Waals surface area (Å²) in [6.45, 7) is 1.83. The quantitative estimate of drug-likeness (QED) is 0.421. The zero-order chi connectivity index (χ0) is 22.7. The number of anilines is 1. The molecule has 0 aliphatic carbocycles. The molecule has 1 aromatic carbocycles. The maximum atomic E-state index is 12.4. The van der Waals surface area contributed by atoms with Crippen molar-refractivity contribution in [3.8, 4) is 11.3 Å². The molecule has 2 N–H and O–H groups in total. The van der Waals surface area contributed by atoms with Crippen LogP contribution in [0.25, 0.3) is 16.9 Å². The Morgan fingerprint density at radius 1 is 1.19 bits per heavy atom. The molecule has 0 saturated carbocycles. The van der Waals surface area contributed by atoms with Crippen molar-refractivity contribution in [2.24, 2.45) is 0 Å². The van der Waals surface area contributed by atoms with Gasteiger partial charge in [0.1, 0.15) is 12.1 Å². The first-order valence-corrected chi connectivity index (χ1v) is 9.63. The van der Waals surface area contributed by atoms with Gasteiger partial charge in [-0.3, -0.25) is 9.48 Å². The number of fused-ring (bicyclic) bond motifs is 1. The fourth-order valence-electron chi connectivity index (χ4n) is 3.13. The number of nitrogens with zero attached hydrogens (tertiary/aromatic N) is 5. The maximum absolute atomic E-state index is 12.4. The molecule has 162 valence electrons. The number of amides is 1. The largest absolute Gasteiger partial charge is 0.476 e. The molecule has 0 aliphatic rings. The summed E-state index contributed by atoms with van der Waals surface area (Å²) in [5.74, 6) is -2.03. The zero-order valence-corrected chi connectivity index (χ0v) is 16.9. The fraction of sp³-hybridized carbons (Fsp3) is 0.143. The van der Waals surface area contributed by atoms with Crippen LogP contribution in [0.1, 0.15) is 27.8 Å². The Bertz CT molecular complexity index is 1330. The monoisotopic (exact) mass is 434 g/mol. The van der Waals surface area contributed by atoms with E-state index in [2.05, 4.69) is 20.5 Å². The van der Waals surface area contributed by atoms with Gasteiger partial charge in [-0.15, -0.1) is 0 Å². The third kappa shape index (κ3) is 4.17. The van der Waals surface area contributed by atoms with Gasteiger partial charge in [-0.2, -0.15) is 10.2 Å². The Morgan fingerprint density at radius 2 is 2.03 bits per heavy atom. The number of ether oxygens (including phenoxy) is 1. The van der Waals surface area contributed by atoms with Crippen LogP contribution in [0.3, 0.4) is 0 Å². The molecular weight excluding hydrogens is 416 g/mol. The van der Waals surface area contributed by atoms with Gasteiger partial charge in [-0.05, 0) is 31.2 Å². The minimum atomic E-state index is -1.16. The summed E-state index contributed by atoms with van der Waals surface area (Å²) in [6, 6.07) is 10.1. The van der Waals surface area contributed by atoms with E-state index in [1.54, 1.807) is 37.4 Å². The molecule has 3 heterocycles. The second-order valence-corrected chi connectivity index (χ2v) is 6.68. The molecule has 0 unspecified atom stereocenters. The lowest BCUT2D eigenvalue weighted by atomic mass is 10.1.